The second-order valence-electron chi connectivity index (χ2n) is 6.95. The number of ether oxygens (including phenoxy) is 2. The second-order valence-corrected chi connectivity index (χ2v) is 6.95. The molecule has 23 heavy (non-hydrogen) atoms. The molecule has 2 heterocycles. The Hall–Kier alpha value is -1.43. The molecule has 2 aliphatic rings. The van der Waals surface area contributed by atoms with Crippen LogP contribution in [0.15, 0.2) is 24.3 Å². The van der Waals surface area contributed by atoms with Crippen LogP contribution in [0, 0.1) is 0 Å². The van der Waals surface area contributed by atoms with Gasteiger partial charge in [0.2, 0.25) is 5.91 Å². The van der Waals surface area contributed by atoms with Crippen molar-refractivity contribution in [2.24, 2.45) is 0 Å². The molecule has 5 nitrogen and oxygen atoms in total. The van der Waals surface area contributed by atoms with Gasteiger partial charge in [0.25, 0.3) is 0 Å². The van der Waals surface area contributed by atoms with E-state index in [0.717, 1.165) is 13.0 Å². The van der Waals surface area contributed by atoms with Crippen LogP contribution < -0.4 is 0 Å². The highest BCUT2D eigenvalue weighted by molar-refractivity contribution is 5.73. The van der Waals surface area contributed by atoms with Crippen molar-refractivity contribution in [3.05, 3.63) is 35.4 Å². The zero-order valence-electron chi connectivity index (χ0n) is 14.4. The van der Waals surface area contributed by atoms with Gasteiger partial charge < -0.3 is 19.3 Å². The molecule has 3 atom stereocenters. The standard InChI is InChI=1S/C18H26N2O3/c1-13(21)20(10-9-19(3)4)16-12-18(2)15-8-6-5-7-14(15)11-17(22-16)23-18/h5-8,16-17H,9-12H2,1-4H3/t16-,17+,18+/m1/s1. The van der Waals surface area contributed by atoms with Gasteiger partial charge in [0.1, 0.15) is 6.23 Å². The predicted molar refractivity (Wildman–Crippen MR) is 87.8 cm³/mol. The monoisotopic (exact) mass is 318 g/mol. The van der Waals surface area contributed by atoms with Crippen molar-refractivity contribution in [3.63, 3.8) is 0 Å². The maximum atomic E-state index is 12.1. The van der Waals surface area contributed by atoms with Crippen LogP contribution in [0.2, 0.25) is 0 Å². The lowest BCUT2D eigenvalue weighted by Crippen LogP contribution is -2.55. The highest BCUT2D eigenvalue weighted by atomic mass is 16.7. The first-order valence-electron chi connectivity index (χ1n) is 8.22. The predicted octanol–water partition coefficient (Wildman–Crippen LogP) is 1.96. The molecular weight excluding hydrogens is 292 g/mol. The molecule has 2 aliphatic heterocycles. The van der Waals surface area contributed by atoms with E-state index < -0.39 is 5.60 Å². The third-order valence-electron chi connectivity index (χ3n) is 4.78. The molecule has 1 saturated heterocycles. The first-order chi connectivity index (χ1) is 10.9. The van der Waals surface area contributed by atoms with Crippen LogP contribution in [0.5, 0.6) is 0 Å². The summed E-state index contributed by atoms with van der Waals surface area (Å²) < 4.78 is 12.3. The lowest BCUT2D eigenvalue weighted by molar-refractivity contribution is -0.311. The minimum Gasteiger partial charge on any atom is -0.341 e. The van der Waals surface area contributed by atoms with E-state index in [-0.39, 0.29) is 18.4 Å². The summed E-state index contributed by atoms with van der Waals surface area (Å²) in [6.07, 6.45) is 0.884. The van der Waals surface area contributed by atoms with Crippen molar-refractivity contribution < 1.29 is 14.3 Å². The van der Waals surface area contributed by atoms with Crippen molar-refractivity contribution in [1.82, 2.24) is 9.80 Å². The molecule has 126 valence electrons. The van der Waals surface area contributed by atoms with Gasteiger partial charge in [-0.2, -0.15) is 0 Å². The summed E-state index contributed by atoms with van der Waals surface area (Å²) in [7, 11) is 4.02. The summed E-state index contributed by atoms with van der Waals surface area (Å²) in [6.45, 7) is 5.20. The van der Waals surface area contributed by atoms with Gasteiger partial charge in [-0.05, 0) is 32.1 Å². The Balaban J connectivity index is 1.83. The smallest absolute Gasteiger partial charge is 0.221 e. The van der Waals surface area contributed by atoms with Crippen LogP contribution in [-0.2, 0) is 26.3 Å². The molecule has 1 aromatic rings. The number of benzene rings is 1. The summed E-state index contributed by atoms with van der Waals surface area (Å²) in [4.78, 5) is 16.0. The number of fused-ring (bicyclic) bond motifs is 4. The normalized spacial score (nSPS) is 29.3. The summed E-state index contributed by atoms with van der Waals surface area (Å²) in [6, 6.07) is 8.38. The van der Waals surface area contributed by atoms with E-state index in [0.29, 0.717) is 13.0 Å². The van der Waals surface area contributed by atoms with Gasteiger partial charge in [-0.25, -0.2) is 0 Å². The fourth-order valence-corrected chi connectivity index (χ4v) is 3.58. The van der Waals surface area contributed by atoms with Crippen molar-refractivity contribution in [3.8, 4) is 0 Å². The number of likely N-dealkylation sites (N-methyl/N-ethyl adjacent to an activating group) is 1. The highest BCUT2D eigenvalue weighted by Gasteiger charge is 2.46. The maximum Gasteiger partial charge on any atom is 0.221 e. The van der Waals surface area contributed by atoms with Crippen LogP contribution in [0.25, 0.3) is 0 Å². The fourth-order valence-electron chi connectivity index (χ4n) is 3.58. The van der Waals surface area contributed by atoms with Crippen molar-refractivity contribution in [2.75, 3.05) is 27.2 Å². The van der Waals surface area contributed by atoms with E-state index in [2.05, 4.69) is 30.0 Å². The van der Waals surface area contributed by atoms with Crippen LogP contribution in [0.3, 0.4) is 0 Å². The zero-order valence-corrected chi connectivity index (χ0v) is 14.4. The molecule has 0 aromatic heterocycles. The van der Waals surface area contributed by atoms with Crippen molar-refractivity contribution in [2.45, 2.75) is 44.8 Å². The number of rotatable bonds is 4. The molecule has 3 rings (SSSR count). The average Bonchev–Trinajstić information content (AvgIpc) is 2.46. The number of hydrogen-bond acceptors (Lipinski definition) is 4. The molecule has 0 spiro atoms. The topological polar surface area (TPSA) is 42.0 Å². The summed E-state index contributed by atoms with van der Waals surface area (Å²) in [5, 5.41) is 0. The second kappa shape index (κ2) is 6.23. The first kappa shape index (κ1) is 16.4. The average molecular weight is 318 g/mol. The van der Waals surface area contributed by atoms with Gasteiger partial charge in [-0.3, -0.25) is 4.79 Å². The highest BCUT2D eigenvalue weighted by Crippen LogP contribution is 2.44. The number of amides is 1. The quantitative estimate of drug-likeness (QED) is 0.851. The number of hydrogen-bond donors (Lipinski definition) is 0. The summed E-state index contributed by atoms with van der Waals surface area (Å²) >= 11 is 0. The van der Waals surface area contributed by atoms with Crippen LogP contribution in [0.4, 0.5) is 0 Å². The lowest BCUT2D eigenvalue weighted by Gasteiger charge is -2.49. The van der Waals surface area contributed by atoms with E-state index in [9.17, 15) is 4.79 Å². The zero-order chi connectivity index (χ0) is 16.6. The molecule has 2 bridgehead atoms. The molecule has 0 unspecified atom stereocenters. The molecule has 1 fully saturated rings. The Morgan fingerprint density at radius 1 is 1.30 bits per heavy atom. The van der Waals surface area contributed by atoms with Gasteiger partial charge in [-0.15, -0.1) is 0 Å². The van der Waals surface area contributed by atoms with Gasteiger partial charge in [0, 0.05) is 32.9 Å². The number of nitrogens with zero attached hydrogens (tertiary/aromatic N) is 2. The van der Waals surface area contributed by atoms with Gasteiger partial charge >= 0.3 is 0 Å². The third-order valence-corrected chi connectivity index (χ3v) is 4.78. The van der Waals surface area contributed by atoms with Crippen LogP contribution in [-0.4, -0.2) is 55.4 Å². The fraction of sp³-hybridized carbons (Fsp3) is 0.611. The van der Waals surface area contributed by atoms with Gasteiger partial charge in [-0.1, -0.05) is 24.3 Å². The van der Waals surface area contributed by atoms with Crippen LogP contribution >= 0.6 is 0 Å². The van der Waals surface area contributed by atoms with E-state index in [1.807, 2.05) is 25.1 Å². The number of carbonyl (C=O) groups is 1. The Kier molecular flexibility index (Phi) is 4.45. The van der Waals surface area contributed by atoms with Crippen LogP contribution in [0.1, 0.15) is 31.4 Å². The molecule has 1 amide bonds. The van der Waals surface area contributed by atoms with E-state index >= 15 is 0 Å². The Labute approximate surface area is 138 Å². The maximum absolute atomic E-state index is 12.1. The van der Waals surface area contributed by atoms with Gasteiger partial charge in [0.05, 0.1) is 5.60 Å². The Morgan fingerprint density at radius 2 is 2.04 bits per heavy atom. The number of carbonyl (C=O) groups excluding carboxylic acids is 1. The third kappa shape index (κ3) is 3.27. The molecule has 5 heteroatoms. The SMILES string of the molecule is CC(=O)N(CCN(C)C)[C@H]1C[C@]2(C)O[C@@H](Cc3ccccc32)O1. The minimum absolute atomic E-state index is 0.0497. The molecule has 0 radical (unpaired) electrons. The molecular formula is C18H26N2O3. The minimum atomic E-state index is -0.395. The lowest BCUT2D eigenvalue weighted by atomic mass is 9.83. The molecule has 0 aliphatic carbocycles. The molecule has 0 N–H and O–H groups in total. The molecule has 1 aromatic carbocycles. The molecule has 0 saturated carbocycles. The Bertz CT molecular complexity index is 589. The summed E-state index contributed by atoms with van der Waals surface area (Å²) in [5.41, 5.74) is 2.11. The van der Waals surface area contributed by atoms with Crippen molar-refractivity contribution in [1.29, 1.82) is 0 Å². The first-order valence-corrected chi connectivity index (χ1v) is 8.22. The van der Waals surface area contributed by atoms with E-state index in [1.54, 1.807) is 6.92 Å². The van der Waals surface area contributed by atoms with Crippen molar-refractivity contribution >= 4 is 5.91 Å². The van der Waals surface area contributed by atoms with E-state index in [4.69, 9.17) is 9.47 Å². The largest absolute Gasteiger partial charge is 0.341 e. The summed E-state index contributed by atoms with van der Waals surface area (Å²) in [5.74, 6) is 0.0497. The van der Waals surface area contributed by atoms with E-state index in [1.165, 1.54) is 11.1 Å². The Morgan fingerprint density at radius 3 is 2.74 bits per heavy atom. The van der Waals surface area contributed by atoms with Gasteiger partial charge in [0.15, 0.2) is 6.29 Å².